The van der Waals surface area contributed by atoms with E-state index in [2.05, 4.69) is 14.9 Å². The van der Waals surface area contributed by atoms with Gasteiger partial charge in [-0.05, 0) is 17.5 Å². The van der Waals surface area contributed by atoms with Crippen molar-refractivity contribution in [1.29, 1.82) is 5.26 Å². The van der Waals surface area contributed by atoms with Gasteiger partial charge in [0, 0.05) is 0 Å². The van der Waals surface area contributed by atoms with Crippen LogP contribution in [0.25, 0.3) is 0 Å². The molecule has 0 fully saturated rings. The standard InChI is InChI=1S/C8H10N4OS/c1-5(2)6(3-9)11-8(13)7-4-10-12-14-7/h4-6H,1-2H3,(H,11,13)/t6-/m0/s1. The Morgan fingerprint density at radius 3 is 2.86 bits per heavy atom. The van der Waals surface area contributed by atoms with Crippen molar-refractivity contribution in [3.05, 3.63) is 11.1 Å². The van der Waals surface area contributed by atoms with Crippen LogP contribution in [0.2, 0.25) is 0 Å². The van der Waals surface area contributed by atoms with Gasteiger partial charge in [-0.1, -0.05) is 18.3 Å². The average Bonchev–Trinajstić information content (AvgIpc) is 2.65. The van der Waals surface area contributed by atoms with Crippen molar-refractivity contribution < 1.29 is 4.79 Å². The zero-order valence-corrected chi connectivity index (χ0v) is 8.71. The molecule has 0 unspecified atom stereocenters. The van der Waals surface area contributed by atoms with E-state index >= 15 is 0 Å². The zero-order valence-electron chi connectivity index (χ0n) is 7.89. The Bertz CT molecular complexity index is 341. The first-order valence-electron chi connectivity index (χ1n) is 4.13. The molecule has 0 radical (unpaired) electrons. The van der Waals surface area contributed by atoms with E-state index < -0.39 is 6.04 Å². The van der Waals surface area contributed by atoms with Gasteiger partial charge in [0.15, 0.2) is 0 Å². The summed E-state index contributed by atoms with van der Waals surface area (Å²) < 4.78 is 3.57. The lowest BCUT2D eigenvalue weighted by Gasteiger charge is -2.13. The highest BCUT2D eigenvalue weighted by atomic mass is 32.1. The number of carbonyl (C=O) groups is 1. The molecule has 14 heavy (non-hydrogen) atoms. The molecule has 1 atom stereocenters. The lowest BCUT2D eigenvalue weighted by atomic mass is 10.1. The molecule has 0 bridgehead atoms. The maximum absolute atomic E-state index is 11.4. The van der Waals surface area contributed by atoms with Gasteiger partial charge >= 0.3 is 0 Å². The number of hydrogen-bond acceptors (Lipinski definition) is 5. The van der Waals surface area contributed by atoms with E-state index in [-0.39, 0.29) is 11.8 Å². The molecule has 74 valence electrons. The van der Waals surface area contributed by atoms with Crippen LogP contribution in [0.5, 0.6) is 0 Å². The van der Waals surface area contributed by atoms with E-state index in [1.807, 2.05) is 19.9 Å². The topological polar surface area (TPSA) is 78.7 Å². The number of aromatic nitrogens is 2. The molecule has 0 spiro atoms. The first-order valence-corrected chi connectivity index (χ1v) is 4.90. The summed E-state index contributed by atoms with van der Waals surface area (Å²) >= 11 is 1.01. The summed E-state index contributed by atoms with van der Waals surface area (Å²) in [6.45, 7) is 3.75. The van der Waals surface area contributed by atoms with Crippen molar-refractivity contribution in [3.63, 3.8) is 0 Å². The second-order valence-corrected chi connectivity index (χ2v) is 3.89. The van der Waals surface area contributed by atoms with Gasteiger partial charge in [-0.2, -0.15) is 5.26 Å². The van der Waals surface area contributed by atoms with Crippen LogP contribution in [0.1, 0.15) is 23.5 Å². The number of amides is 1. The van der Waals surface area contributed by atoms with Gasteiger partial charge in [0.05, 0.1) is 12.3 Å². The molecule has 1 aromatic rings. The minimum absolute atomic E-state index is 0.0878. The molecule has 1 N–H and O–H groups in total. The Balaban J connectivity index is 2.61. The average molecular weight is 210 g/mol. The molecule has 1 heterocycles. The Kier molecular flexibility index (Phi) is 3.54. The van der Waals surface area contributed by atoms with Crippen molar-refractivity contribution in [2.24, 2.45) is 5.92 Å². The highest BCUT2D eigenvalue weighted by molar-refractivity contribution is 7.07. The number of hydrogen-bond donors (Lipinski definition) is 1. The molecule has 0 saturated heterocycles. The predicted molar refractivity (Wildman–Crippen MR) is 51.6 cm³/mol. The smallest absolute Gasteiger partial charge is 0.265 e. The Morgan fingerprint density at radius 1 is 1.71 bits per heavy atom. The molecule has 0 aliphatic rings. The third-order valence-electron chi connectivity index (χ3n) is 1.68. The van der Waals surface area contributed by atoms with Crippen molar-refractivity contribution >= 4 is 17.4 Å². The van der Waals surface area contributed by atoms with Gasteiger partial charge in [0.1, 0.15) is 10.9 Å². The van der Waals surface area contributed by atoms with E-state index in [0.717, 1.165) is 11.5 Å². The fraction of sp³-hybridized carbons (Fsp3) is 0.500. The molecule has 0 aliphatic heterocycles. The van der Waals surface area contributed by atoms with E-state index in [9.17, 15) is 4.79 Å². The van der Waals surface area contributed by atoms with Crippen molar-refractivity contribution in [1.82, 2.24) is 14.9 Å². The molecule has 1 rings (SSSR count). The molecule has 5 nitrogen and oxygen atoms in total. The van der Waals surface area contributed by atoms with E-state index in [4.69, 9.17) is 5.26 Å². The second-order valence-electron chi connectivity index (χ2n) is 3.11. The van der Waals surface area contributed by atoms with Crippen LogP contribution >= 0.6 is 11.5 Å². The predicted octanol–water partition coefficient (Wildman–Crippen LogP) is 0.816. The molecular weight excluding hydrogens is 200 g/mol. The molecule has 1 aromatic heterocycles. The zero-order chi connectivity index (χ0) is 10.6. The minimum atomic E-state index is -0.468. The number of nitrogens with one attached hydrogen (secondary N) is 1. The molecular formula is C8H10N4OS. The Labute approximate surface area is 85.9 Å². The summed E-state index contributed by atoms with van der Waals surface area (Å²) in [4.78, 5) is 11.9. The Hall–Kier alpha value is -1.48. The molecule has 1 amide bonds. The van der Waals surface area contributed by atoms with Crippen LogP contribution in [0.4, 0.5) is 0 Å². The Morgan fingerprint density at radius 2 is 2.43 bits per heavy atom. The lowest BCUT2D eigenvalue weighted by molar-refractivity contribution is 0.0941. The van der Waals surface area contributed by atoms with E-state index in [1.54, 1.807) is 0 Å². The molecule has 0 aliphatic carbocycles. The third kappa shape index (κ3) is 2.50. The second kappa shape index (κ2) is 4.67. The van der Waals surface area contributed by atoms with Gasteiger partial charge in [0.2, 0.25) is 0 Å². The monoisotopic (exact) mass is 210 g/mol. The summed E-state index contributed by atoms with van der Waals surface area (Å²) in [6.07, 6.45) is 1.38. The quantitative estimate of drug-likeness (QED) is 0.801. The fourth-order valence-electron chi connectivity index (χ4n) is 0.828. The largest absolute Gasteiger partial charge is 0.335 e. The number of nitriles is 1. The number of nitrogens with zero attached hydrogens (tertiary/aromatic N) is 3. The van der Waals surface area contributed by atoms with Crippen molar-refractivity contribution in [2.45, 2.75) is 19.9 Å². The minimum Gasteiger partial charge on any atom is -0.335 e. The van der Waals surface area contributed by atoms with Gasteiger partial charge in [-0.3, -0.25) is 4.79 Å². The van der Waals surface area contributed by atoms with Crippen LogP contribution in [-0.4, -0.2) is 21.5 Å². The molecule has 0 aromatic carbocycles. The molecule has 0 saturated carbocycles. The highest BCUT2D eigenvalue weighted by Gasteiger charge is 2.17. The number of carbonyl (C=O) groups excluding carboxylic acids is 1. The lowest BCUT2D eigenvalue weighted by Crippen LogP contribution is -2.36. The maximum atomic E-state index is 11.4. The van der Waals surface area contributed by atoms with E-state index in [1.165, 1.54) is 6.20 Å². The van der Waals surface area contributed by atoms with Crippen LogP contribution < -0.4 is 5.32 Å². The summed E-state index contributed by atoms with van der Waals surface area (Å²) in [5.41, 5.74) is 0. The fourth-order valence-corrected chi connectivity index (χ4v) is 1.25. The highest BCUT2D eigenvalue weighted by Crippen LogP contribution is 2.05. The van der Waals surface area contributed by atoms with Crippen LogP contribution in [-0.2, 0) is 0 Å². The van der Waals surface area contributed by atoms with Gasteiger partial charge < -0.3 is 5.32 Å². The summed E-state index contributed by atoms with van der Waals surface area (Å²) in [7, 11) is 0. The normalized spacial score (nSPS) is 12.1. The van der Waals surface area contributed by atoms with Crippen LogP contribution in [0, 0.1) is 17.2 Å². The third-order valence-corrected chi connectivity index (χ3v) is 2.34. The van der Waals surface area contributed by atoms with Crippen LogP contribution in [0.15, 0.2) is 6.20 Å². The summed E-state index contributed by atoms with van der Waals surface area (Å²) in [5, 5.41) is 14.9. The number of rotatable bonds is 3. The maximum Gasteiger partial charge on any atom is 0.265 e. The summed E-state index contributed by atoms with van der Waals surface area (Å²) in [6, 6.07) is 1.56. The summed E-state index contributed by atoms with van der Waals surface area (Å²) in [5.74, 6) is -0.204. The SMILES string of the molecule is CC(C)[C@H](C#N)NC(=O)c1cnns1. The van der Waals surface area contributed by atoms with Crippen molar-refractivity contribution in [2.75, 3.05) is 0 Å². The van der Waals surface area contributed by atoms with Gasteiger partial charge in [-0.25, -0.2) is 0 Å². The van der Waals surface area contributed by atoms with E-state index in [0.29, 0.717) is 4.88 Å². The first kappa shape index (κ1) is 10.6. The van der Waals surface area contributed by atoms with Crippen LogP contribution in [0.3, 0.4) is 0 Å². The first-order chi connectivity index (χ1) is 6.65. The molecule has 6 heteroatoms. The van der Waals surface area contributed by atoms with Crippen molar-refractivity contribution in [3.8, 4) is 6.07 Å². The van der Waals surface area contributed by atoms with Gasteiger partial charge in [-0.15, -0.1) is 5.10 Å². The van der Waals surface area contributed by atoms with Gasteiger partial charge in [0.25, 0.3) is 5.91 Å².